The standard InChI is InChI=1S/C27H36O2S/c1-6-7-8-9-10-19-17-22-23(27(4,5)16-15-26(22,2)3)18-20(19)11-12-21-13-14-24(30-21)25(28)29/h11-14,17-18H,6-10,15-16H2,1-5H3,(H,28,29)/p-1/b12-11+. The van der Waals surface area contributed by atoms with Crippen LogP contribution in [0.4, 0.5) is 0 Å². The SMILES string of the molecule is CCCCCCc1cc2c(cc1/C=C/c1ccc(C(=O)[O-])s1)C(C)(C)CCC2(C)C. The lowest BCUT2D eigenvalue weighted by atomic mass is 9.62. The van der Waals surface area contributed by atoms with E-state index in [0.29, 0.717) is 0 Å². The van der Waals surface area contributed by atoms with Gasteiger partial charge in [0.25, 0.3) is 0 Å². The van der Waals surface area contributed by atoms with Crippen molar-refractivity contribution in [3.05, 3.63) is 56.3 Å². The summed E-state index contributed by atoms with van der Waals surface area (Å²) in [5, 5.41) is 11.1. The molecule has 0 atom stereocenters. The van der Waals surface area contributed by atoms with Crippen molar-refractivity contribution in [2.24, 2.45) is 0 Å². The molecule has 1 heterocycles. The predicted octanol–water partition coefficient (Wildman–Crippen LogP) is 6.75. The molecule has 0 saturated heterocycles. The van der Waals surface area contributed by atoms with E-state index in [2.05, 4.69) is 58.9 Å². The van der Waals surface area contributed by atoms with Crippen LogP contribution in [-0.2, 0) is 17.3 Å². The Kier molecular flexibility index (Phi) is 6.91. The molecule has 0 N–H and O–H groups in total. The lowest BCUT2D eigenvalue weighted by Crippen LogP contribution is -2.34. The molecule has 0 saturated carbocycles. The third-order valence-corrected chi connectivity index (χ3v) is 7.70. The zero-order chi connectivity index (χ0) is 21.9. The Balaban J connectivity index is 2.00. The molecule has 0 unspecified atom stereocenters. The number of aromatic carboxylic acids is 1. The Morgan fingerprint density at radius 3 is 2.27 bits per heavy atom. The number of hydrogen-bond donors (Lipinski definition) is 0. The van der Waals surface area contributed by atoms with E-state index in [9.17, 15) is 9.90 Å². The van der Waals surface area contributed by atoms with Gasteiger partial charge >= 0.3 is 0 Å². The summed E-state index contributed by atoms with van der Waals surface area (Å²) in [5.41, 5.74) is 6.07. The van der Waals surface area contributed by atoms with Crippen molar-refractivity contribution in [2.75, 3.05) is 0 Å². The first-order valence-corrected chi connectivity index (χ1v) is 12.1. The third-order valence-electron chi connectivity index (χ3n) is 6.67. The summed E-state index contributed by atoms with van der Waals surface area (Å²) in [4.78, 5) is 12.3. The number of benzene rings is 1. The predicted molar refractivity (Wildman–Crippen MR) is 127 cm³/mol. The molecule has 1 aliphatic rings. The summed E-state index contributed by atoms with van der Waals surface area (Å²) in [5.74, 6) is -1.10. The summed E-state index contributed by atoms with van der Waals surface area (Å²) >= 11 is 1.27. The highest BCUT2D eigenvalue weighted by atomic mass is 32.1. The third kappa shape index (κ3) is 5.06. The number of unbranched alkanes of at least 4 members (excludes halogenated alkanes) is 3. The minimum Gasteiger partial charge on any atom is -0.544 e. The van der Waals surface area contributed by atoms with E-state index < -0.39 is 5.97 Å². The Labute approximate surface area is 186 Å². The molecular weight excluding hydrogens is 388 g/mol. The van der Waals surface area contributed by atoms with E-state index in [1.807, 2.05) is 6.07 Å². The van der Waals surface area contributed by atoms with Crippen LogP contribution in [0.1, 0.15) is 110 Å². The first kappa shape index (κ1) is 22.8. The molecular formula is C27H35O2S-. The molecule has 30 heavy (non-hydrogen) atoms. The first-order valence-electron chi connectivity index (χ1n) is 11.3. The molecule has 1 aromatic heterocycles. The van der Waals surface area contributed by atoms with Crippen LogP contribution in [0, 0.1) is 0 Å². The van der Waals surface area contributed by atoms with Crippen molar-refractivity contribution >= 4 is 29.5 Å². The number of rotatable bonds is 8. The molecule has 0 spiro atoms. The van der Waals surface area contributed by atoms with Gasteiger partial charge in [-0.25, -0.2) is 0 Å². The van der Waals surface area contributed by atoms with E-state index >= 15 is 0 Å². The summed E-state index contributed by atoms with van der Waals surface area (Å²) in [7, 11) is 0. The quantitative estimate of drug-likeness (QED) is 0.440. The van der Waals surface area contributed by atoms with Crippen molar-refractivity contribution in [1.29, 1.82) is 0 Å². The zero-order valence-corrected chi connectivity index (χ0v) is 20.0. The first-order chi connectivity index (χ1) is 14.1. The second-order valence-corrected chi connectivity index (χ2v) is 11.1. The zero-order valence-electron chi connectivity index (χ0n) is 19.1. The van der Waals surface area contributed by atoms with Crippen LogP contribution in [0.25, 0.3) is 12.2 Å². The highest BCUT2D eigenvalue weighted by Crippen LogP contribution is 2.47. The number of carboxylic acids is 1. The van der Waals surface area contributed by atoms with Gasteiger partial charge in [-0.1, -0.05) is 72.1 Å². The fourth-order valence-electron chi connectivity index (χ4n) is 4.51. The average molecular weight is 424 g/mol. The van der Waals surface area contributed by atoms with Crippen molar-refractivity contribution in [3.63, 3.8) is 0 Å². The molecule has 0 amide bonds. The molecule has 2 aromatic rings. The van der Waals surface area contributed by atoms with Crippen molar-refractivity contribution in [3.8, 4) is 0 Å². The van der Waals surface area contributed by atoms with Gasteiger partial charge in [-0.2, -0.15) is 0 Å². The molecule has 3 rings (SSSR count). The number of aryl methyl sites for hydroxylation is 1. The van der Waals surface area contributed by atoms with Gasteiger partial charge in [-0.05, 0) is 77.0 Å². The molecule has 0 fully saturated rings. The molecule has 0 bridgehead atoms. The normalized spacial score (nSPS) is 17.2. The second kappa shape index (κ2) is 9.09. The largest absolute Gasteiger partial charge is 0.544 e. The van der Waals surface area contributed by atoms with Crippen LogP contribution in [0.3, 0.4) is 0 Å². The molecule has 0 aliphatic heterocycles. The van der Waals surface area contributed by atoms with Gasteiger partial charge in [-0.15, -0.1) is 11.3 Å². The van der Waals surface area contributed by atoms with Gasteiger partial charge in [0.15, 0.2) is 0 Å². The van der Waals surface area contributed by atoms with Crippen molar-refractivity contribution in [2.45, 2.75) is 90.4 Å². The van der Waals surface area contributed by atoms with Crippen molar-refractivity contribution < 1.29 is 9.90 Å². The number of carbonyl (C=O) groups is 1. The maximum atomic E-state index is 11.1. The van der Waals surface area contributed by atoms with Crippen LogP contribution < -0.4 is 5.11 Å². The maximum absolute atomic E-state index is 11.1. The summed E-state index contributed by atoms with van der Waals surface area (Å²) in [6.07, 6.45) is 12.8. The molecule has 3 heteroatoms. The van der Waals surface area contributed by atoms with Crippen LogP contribution in [-0.4, -0.2) is 5.97 Å². The second-order valence-electron chi connectivity index (χ2n) is 10.00. The van der Waals surface area contributed by atoms with Gasteiger partial charge in [0.1, 0.15) is 0 Å². The number of fused-ring (bicyclic) bond motifs is 1. The van der Waals surface area contributed by atoms with E-state index in [-0.39, 0.29) is 15.7 Å². The maximum Gasteiger partial charge on any atom is 0.0815 e. The molecule has 2 nitrogen and oxygen atoms in total. The highest BCUT2D eigenvalue weighted by Gasteiger charge is 2.37. The minimum absolute atomic E-state index is 0.180. The van der Waals surface area contributed by atoms with Gasteiger partial charge in [0, 0.05) is 4.88 Å². The summed E-state index contributed by atoms with van der Waals surface area (Å²) in [6, 6.07) is 8.38. The minimum atomic E-state index is -1.10. The lowest BCUT2D eigenvalue weighted by molar-refractivity contribution is -0.254. The highest BCUT2D eigenvalue weighted by molar-refractivity contribution is 7.14. The fraction of sp³-hybridized carbons (Fsp3) is 0.519. The van der Waals surface area contributed by atoms with E-state index in [1.165, 1.54) is 72.1 Å². The Hall–Kier alpha value is -1.87. The Morgan fingerprint density at radius 1 is 1.00 bits per heavy atom. The molecule has 0 radical (unpaired) electrons. The van der Waals surface area contributed by atoms with E-state index in [1.54, 1.807) is 6.07 Å². The molecule has 1 aromatic carbocycles. The van der Waals surface area contributed by atoms with Gasteiger partial charge in [0.2, 0.25) is 0 Å². The Bertz CT molecular complexity index is 930. The smallest absolute Gasteiger partial charge is 0.0815 e. The summed E-state index contributed by atoms with van der Waals surface area (Å²) in [6.45, 7) is 11.7. The summed E-state index contributed by atoms with van der Waals surface area (Å²) < 4.78 is 0. The van der Waals surface area contributed by atoms with E-state index in [0.717, 1.165) is 11.3 Å². The average Bonchev–Trinajstić information content (AvgIpc) is 3.17. The van der Waals surface area contributed by atoms with Crippen LogP contribution in [0.15, 0.2) is 24.3 Å². The molecule has 162 valence electrons. The van der Waals surface area contributed by atoms with Crippen LogP contribution in [0.2, 0.25) is 0 Å². The number of carbonyl (C=O) groups excluding carboxylic acids is 1. The number of thiophene rings is 1. The Morgan fingerprint density at radius 2 is 1.67 bits per heavy atom. The van der Waals surface area contributed by atoms with Gasteiger partial charge in [-0.3, -0.25) is 0 Å². The van der Waals surface area contributed by atoms with E-state index in [4.69, 9.17) is 0 Å². The van der Waals surface area contributed by atoms with Crippen LogP contribution in [0.5, 0.6) is 0 Å². The monoisotopic (exact) mass is 423 g/mol. The van der Waals surface area contributed by atoms with Gasteiger partial charge in [0.05, 0.1) is 10.8 Å². The molecule has 1 aliphatic carbocycles. The number of carboxylic acid groups (broad SMARTS) is 1. The van der Waals surface area contributed by atoms with Crippen molar-refractivity contribution in [1.82, 2.24) is 0 Å². The fourth-order valence-corrected chi connectivity index (χ4v) is 5.26. The van der Waals surface area contributed by atoms with Gasteiger partial charge < -0.3 is 9.90 Å². The topological polar surface area (TPSA) is 40.1 Å². The lowest BCUT2D eigenvalue weighted by Gasteiger charge is -2.42. The number of hydrogen-bond acceptors (Lipinski definition) is 3. The van der Waals surface area contributed by atoms with Crippen LogP contribution >= 0.6 is 11.3 Å².